The Hall–Kier alpha value is -0.0500. The molecule has 1 atom stereocenters. The van der Waals surface area contributed by atoms with Crippen LogP contribution in [0.3, 0.4) is 0 Å². The van der Waals surface area contributed by atoms with Gasteiger partial charge in [-0.2, -0.15) is 5.26 Å². The normalized spacial score (nSPS) is 12.7. The zero-order valence-electron chi connectivity index (χ0n) is 2.62. The Balaban J connectivity index is 3.13. The van der Waals surface area contributed by atoms with Gasteiger partial charge in [0.15, 0.2) is 0 Å². The Morgan fingerprint density at radius 3 is 2.50 bits per heavy atom. The molecule has 0 aliphatic rings. The minimum absolute atomic E-state index is 0.319. The molecule has 1 unspecified atom stereocenters. The lowest BCUT2D eigenvalue weighted by Gasteiger charge is -1.69. The predicted molar refractivity (Wildman–Crippen MR) is 24.0 cm³/mol. The van der Waals surface area contributed by atoms with Crippen LogP contribution in [-0.4, -0.2) is 8.76 Å². The van der Waals surface area contributed by atoms with Crippen LogP contribution in [0.25, 0.3) is 0 Å². The van der Waals surface area contributed by atoms with Gasteiger partial charge < -0.3 is 0 Å². The highest BCUT2D eigenvalue weighted by atomic mass is 33.1. The fourth-order valence-electron chi connectivity index (χ4n) is 0.0319. The van der Waals surface area contributed by atoms with Crippen LogP contribution in [0.4, 0.5) is 0 Å². The second-order valence-corrected chi connectivity index (χ2v) is 2.53. The Morgan fingerprint density at radius 2 is 2.50 bits per heavy atom. The van der Waals surface area contributed by atoms with E-state index in [0.717, 1.165) is 0 Å². The fraction of sp³-hybridized carbons (Fsp3) is 0. The van der Waals surface area contributed by atoms with Gasteiger partial charge in [0.25, 0.3) is 0 Å². The van der Waals surface area contributed by atoms with E-state index < -0.39 is 10.1 Å². The van der Waals surface area contributed by atoms with E-state index in [2.05, 4.69) is 0 Å². The lowest BCUT2D eigenvalue weighted by molar-refractivity contribution is 0.581. The molecule has 0 saturated carbocycles. The monoisotopic (exact) mass is 123 g/mol. The van der Waals surface area contributed by atoms with E-state index in [4.69, 9.17) is 9.81 Å². The van der Waals surface area contributed by atoms with Crippen LogP contribution >= 0.6 is 10.8 Å². The first-order chi connectivity index (χ1) is 2.77. The quantitative estimate of drug-likeness (QED) is 0.310. The first-order valence-corrected chi connectivity index (χ1v) is 3.38. The molecular formula is CHNO2S2. The molecule has 0 fully saturated rings. The van der Waals surface area contributed by atoms with Crippen molar-refractivity contribution in [3.05, 3.63) is 0 Å². The summed E-state index contributed by atoms with van der Waals surface area (Å²) in [4.78, 5) is 0. The molecule has 0 aromatic carbocycles. The van der Waals surface area contributed by atoms with Gasteiger partial charge in [-0.1, -0.05) is 0 Å². The minimum atomic E-state index is -2.01. The summed E-state index contributed by atoms with van der Waals surface area (Å²) in [6, 6.07) is 0. The van der Waals surface area contributed by atoms with E-state index in [-0.39, 0.29) is 0 Å². The molecule has 34 valence electrons. The topological polar surface area (TPSA) is 61.1 Å². The van der Waals surface area contributed by atoms with E-state index in [1.807, 2.05) is 0 Å². The molecule has 0 spiro atoms. The van der Waals surface area contributed by atoms with Crippen molar-refractivity contribution in [3.63, 3.8) is 0 Å². The van der Waals surface area contributed by atoms with Gasteiger partial charge in [-0.25, -0.2) is 4.21 Å². The van der Waals surface area contributed by atoms with E-state index >= 15 is 0 Å². The number of thiocyanates is 1. The van der Waals surface area contributed by atoms with Gasteiger partial charge in [-0.3, -0.25) is 4.55 Å². The Morgan fingerprint density at radius 1 is 2.00 bits per heavy atom. The Kier molecular flexibility index (Phi) is 3.13. The summed E-state index contributed by atoms with van der Waals surface area (Å²) in [7, 11) is -1.69. The van der Waals surface area contributed by atoms with E-state index in [1.54, 1.807) is 0 Å². The maximum atomic E-state index is 9.45. The summed E-state index contributed by atoms with van der Waals surface area (Å²) in [5.41, 5.74) is 0. The molecule has 0 bridgehead atoms. The highest BCUT2D eigenvalue weighted by Crippen LogP contribution is 1.97. The first kappa shape index (κ1) is 5.95. The van der Waals surface area contributed by atoms with E-state index in [9.17, 15) is 4.21 Å². The van der Waals surface area contributed by atoms with Gasteiger partial charge in [0.2, 0.25) is 10.1 Å². The zero-order chi connectivity index (χ0) is 4.99. The largest absolute Gasteiger partial charge is 0.297 e. The molecule has 0 aliphatic carbocycles. The maximum Gasteiger partial charge on any atom is 0.231 e. The van der Waals surface area contributed by atoms with Gasteiger partial charge in [-0.15, -0.1) is 0 Å². The van der Waals surface area contributed by atoms with Crippen molar-refractivity contribution >= 4 is 20.9 Å². The van der Waals surface area contributed by atoms with Gasteiger partial charge in [0.1, 0.15) is 5.40 Å². The summed E-state index contributed by atoms with van der Waals surface area (Å²) in [6.07, 6.45) is 0. The van der Waals surface area contributed by atoms with E-state index in [1.165, 1.54) is 5.40 Å². The minimum Gasteiger partial charge on any atom is -0.297 e. The molecular weight excluding hydrogens is 122 g/mol. The maximum absolute atomic E-state index is 9.45. The van der Waals surface area contributed by atoms with Crippen LogP contribution in [0.1, 0.15) is 0 Å². The van der Waals surface area contributed by atoms with Crippen LogP contribution in [0, 0.1) is 10.7 Å². The zero-order valence-corrected chi connectivity index (χ0v) is 4.25. The lowest BCUT2D eigenvalue weighted by atomic mass is 11.8. The molecule has 3 nitrogen and oxygen atoms in total. The smallest absolute Gasteiger partial charge is 0.231 e. The standard InChI is InChI=1S/CHNO2S2/c2-1-5-6(3)4/h(H,3,4). The Bertz CT molecular complexity index is 94.2. The van der Waals surface area contributed by atoms with Crippen molar-refractivity contribution in [2.24, 2.45) is 0 Å². The highest BCUT2D eigenvalue weighted by molar-refractivity contribution is 8.69. The van der Waals surface area contributed by atoms with Crippen molar-refractivity contribution in [1.82, 2.24) is 0 Å². The number of rotatable bonds is 1. The number of nitrogens with zero attached hydrogens (tertiary/aromatic N) is 1. The molecule has 0 amide bonds. The van der Waals surface area contributed by atoms with Gasteiger partial charge in [0, 0.05) is 0 Å². The average molecular weight is 123 g/mol. The fourth-order valence-corrected chi connectivity index (χ4v) is 0.287. The second-order valence-electron chi connectivity index (χ2n) is 0.392. The first-order valence-electron chi connectivity index (χ1n) is 0.944. The molecule has 5 heteroatoms. The summed E-state index contributed by atoms with van der Waals surface area (Å²) in [5, 5.41) is 9.03. The summed E-state index contributed by atoms with van der Waals surface area (Å²) < 4.78 is 17.2. The van der Waals surface area contributed by atoms with Gasteiger partial charge >= 0.3 is 0 Å². The predicted octanol–water partition coefficient (Wildman–Crippen LogP) is 0.337. The molecule has 0 heterocycles. The third-order valence-electron chi connectivity index (χ3n) is 0.109. The second kappa shape index (κ2) is 3.15. The summed E-state index contributed by atoms with van der Waals surface area (Å²) >= 11 is 0. The van der Waals surface area contributed by atoms with Crippen molar-refractivity contribution < 1.29 is 8.76 Å². The van der Waals surface area contributed by atoms with Crippen LogP contribution in [0.5, 0.6) is 0 Å². The van der Waals surface area contributed by atoms with Crippen molar-refractivity contribution in [3.8, 4) is 5.40 Å². The van der Waals surface area contributed by atoms with Gasteiger partial charge in [-0.05, 0) is 0 Å². The van der Waals surface area contributed by atoms with Crippen LogP contribution in [0.2, 0.25) is 0 Å². The number of hydrogen-bond acceptors (Lipinski definition) is 3. The summed E-state index contributed by atoms with van der Waals surface area (Å²) in [5.74, 6) is 0. The Labute approximate surface area is 41.0 Å². The summed E-state index contributed by atoms with van der Waals surface area (Å²) in [6.45, 7) is 0. The molecule has 0 radical (unpaired) electrons. The lowest BCUT2D eigenvalue weighted by Crippen LogP contribution is -1.69. The van der Waals surface area contributed by atoms with Gasteiger partial charge in [0.05, 0.1) is 10.8 Å². The van der Waals surface area contributed by atoms with Crippen molar-refractivity contribution in [2.75, 3.05) is 0 Å². The van der Waals surface area contributed by atoms with Crippen molar-refractivity contribution in [2.45, 2.75) is 0 Å². The number of hydrogen-bond donors (Lipinski definition) is 1. The third kappa shape index (κ3) is 3.95. The molecule has 0 aromatic heterocycles. The highest BCUT2D eigenvalue weighted by Gasteiger charge is 1.85. The SMILES string of the molecule is N#CSS(=O)O. The molecule has 0 saturated heterocycles. The molecule has 1 N–H and O–H groups in total. The van der Waals surface area contributed by atoms with Crippen molar-refractivity contribution in [1.29, 1.82) is 5.26 Å². The molecule has 0 aliphatic heterocycles. The third-order valence-corrected chi connectivity index (χ3v) is 0.977. The molecule has 0 aromatic rings. The van der Waals surface area contributed by atoms with E-state index in [0.29, 0.717) is 10.8 Å². The number of nitriles is 1. The van der Waals surface area contributed by atoms with Crippen LogP contribution in [-0.2, 0) is 10.1 Å². The molecule has 0 rings (SSSR count). The average Bonchev–Trinajstić information content (AvgIpc) is 1.35. The molecule has 6 heavy (non-hydrogen) atoms. The van der Waals surface area contributed by atoms with Crippen LogP contribution in [0.15, 0.2) is 0 Å². The van der Waals surface area contributed by atoms with Crippen LogP contribution < -0.4 is 0 Å².